The molecule has 2 aromatic carbocycles. The van der Waals surface area contributed by atoms with Crippen molar-refractivity contribution in [2.24, 2.45) is 0 Å². The van der Waals surface area contributed by atoms with Gasteiger partial charge in [-0.05, 0) is 41.8 Å². The van der Waals surface area contributed by atoms with E-state index >= 15 is 0 Å². The molecule has 0 atom stereocenters. The molecule has 1 heterocycles. The van der Waals surface area contributed by atoms with Crippen LogP contribution >= 0.6 is 0 Å². The molecular formula is C17H14N2O5. The molecule has 1 aliphatic heterocycles. The van der Waals surface area contributed by atoms with Gasteiger partial charge in [0, 0.05) is 30.8 Å². The maximum Gasteiger partial charge on any atom is 0.335 e. The highest BCUT2D eigenvalue weighted by Gasteiger charge is 2.23. The van der Waals surface area contributed by atoms with Crippen LogP contribution in [0.2, 0.25) is 0 Å². The van der Waals surface area contributed by atoms with Crippen LogP contribution in [0.4, 0.5) is 5.69 Å². The van der Waals surface area contributed by atoms with Gasteiger partial charge in [0.15, 0.2) is 0 Å². The molecule has 1 aliphatic rings. The zero-order valence-corrected chi connectivity index (χ0v) is 12.6. The molecule has 122 valence electrons. The Labute approximate surface area is 137 Å². The Bertz CT molecular complexity index is 829. The van der Waals surface area contributed by atoms with Crippen LogP contribution in [0.15, 0.2) is 42.5 Å². The van der Waals surface area contributed by atoms with Gasteiger partial charge in [-0.1, -0.05) is 6.07 Å². The van der Waals surface area contributed by atoms with Crippen molar-refractivity contribution >= 4 is 17.6 Å². The van der Waals surface area contributed by atoms with Crippen molar-refractivity contribution in [3.05, 3.63) is 74.8 Å². The highest BCUT2D eigenvalue weighted by atomic mass is 16.6. The smallest absolute Gasteiger partial charge is 0.335 e. The Kier molecular flexibility index (Phi) is 3.99. The fourth-order valence-corrected chi connectivity index (χ4v) is 2.77. The molecule has 0 fully saturated rings. The molecule has 0 unspecified atom stereocenters. The number of carboxylic acids is 1. The van der Waals surface area contributed by atoms with Crippen molar-refractivity contribution in [2.45, 2.75) is 13.0 Å². The van der Waals surface area contributed by atoms with E-state index in [2.05, 4.69) is 0 Å². The lowest BCUT2D eigenvalue weighted by Crippen LogP contribution is -2.36. The fraction of sp³-hybridized carbons (Fsp3) is 0.176. The summed E-state index contributed by atoms with van der Waals surface area (Å²) in [5.74, 6) is -1.27. The van der Waals surface area contributed by atoms with E-state index in [1.54, 1.807) is 11.0 Å². The van der Waals surface area contributed by atoms with Crippen LogP contribution in [0.5, 0.6) is 0 Å². The molecule has 1 amide bonds. The number of rotatable bonds is 3. The molecule has 7 nitrogen and oxygen atoms in total. The highest BCUT2D eigenvalue weighted by Crippen LogP contribution is 2.24. The van der Waals surface area contributed by atoms with Crippen LogP contribution in [-0.2, 0) is 13.0 Å². The number of hydrogen-bond acceptors (Lipinski definition) is 4. The van der Waals surface area contributed by atoms with Crippen molar-refractivity contribution in [1.29, 1.82) is 0 Å². The van der Waals surface area contributed by atoms with Gasteiger partial charge in [0.25, 0.3) is 11.6 Å². The number of carbonyl (C=O) groups excluding carboxylic acids is 1. The average molecular weight is 326 g/mol. The molecule has 0 aliphatic carbocycles. The van der Waals surface area contributed by atoms with Gasteiger partial charge in [-0.15, -0.1) is 0 Å². The monoisotopic (exact) mass is 326 g/mol. The Hall–Kier alpha value is -3.22. The van der Waals surface area contributed by atoms with Gasteiger partial charge in [0.1, 0.15) is 0 Å². The van der Waals surface area contributed by atoms with E-state index in [-0.39, 0.29) is 17.2 Å². The van der Waals surface area contributed by atoms with E-state index in [1.165, 1.54) is 36.4 Å². The van der Waals surface area contributed by atoms with E-state index in [0.717, 1.165) is 11.1 Å². The molecular weight excluding hydrogens is 312 g/mol. The lowest BCUT2D eigenvalue weighted by molar-refractivity contribution is -0.385. The molecule has 2 aromatic rings. The lowest BCUT2D eigenvalue weighted by atomic mass is 9.98. The third-order valence-electron chi connectivity index (χ3n) is 4.08. The minimum absolute atomic E-state index is 0.00820. The number of nitro groups is 1. The number of nitrogens with zero attached hydrogens (tertiary/aromatic N) is 2. The second-order valence-corrected chi connectivity index (χ2v) is 5.57. The zero-order valence-electron chi connectivity index (χ0n) is 12.6. The number of fused-ring (bicyclic) bond motifs is 1. The predicted octanol–water partition coefficient (Wildman–Crippen LogP) is 2.49. The second kappa shape index (κ2) is 6.11. The summed E-state index contributed by atoms with van der Waals surface area (Å²) >= 11 is 0. The molecule has 0 spiro atoms. The van der Waals surface area contributed by atoms with E-state index in [9.17, 15) is 19.7 Å². The maximum atomic E-state index is 12.6. The lowest BCUT2D eigenvalue weighted by Gasteiger charge is -2.28. The second-order valence-electron chi connectivity index (χ2n) is 5.57. The number of nitro benzene ring substituents is 1. The zero-order chi connectivity index (χ0) is 17.3. The van der Waals surface area contributed by atoms with Crippen molar-refractivity contribution in [3.8, 4) is 0 Å². The normalized spacial score (nSPS) is 13.2. The Morgan fingerprint density at radius 2 is 1.71 bits per heavy atom. The maximum absolute atomic E-state index is 12.6. The summed E-state index contributed by atoms with van der Waals surface area (Å²) in [6.45, 7) is 0.820. The summed E-state index contributed by atoms with van der Waals surface area (Å²) in [6, 6.07) is 10.4. The molecule has 3 rings (SSSR count). The van der Waals surface area contributed by atoms with Crippen molar-refractivity contribution < 1.29 is 19.6 Å². The first-order valence-electron chi connectivity index (χ1n) is 7.34. The topological polar surface area (TPSA) is 101 Å². The van der Waals surface area contributed by atoms with Crippen LogP contribution in [0.3, 0.4) is 0 Å². The summed E-state index contributed by atoms with van der Waals surface area (Å²) in [6.07, 6.45) is 0.631. The van der Waals surface area contributed by atoms with E-state index in [1.807, 2.05) is 0 Å². The third kappa shape index (κ3) is 2.96. The van der Waals surface area contributed by atoms with Crippen LogP contribution in [0, 0.1) is 10.1 Å². The van der Waals surface area contributed by atoms with E-state index in [0.29, 0.717) is 25.1 Å². The Morgan fingerprint density at radius 3 is 2.33 bits per heavy atom. The predicted molar refractivity (Wildman–Crippen MR) is 84.9 cm³/mol. The number of aromatic carboxylic acids is 1. The third-order valence-corrected chi connectivity index (χ3v) is 4.08. The summed E-state index contributed by atoms with van der Waals surface area (Å²) in [5.41, 5.74) is 2.30. The van der Waals surface area contributed by atoms with Crippen molar-refractivity contribution in [2.75, 3.05) is 6.54 Å². The number of hydrogen-bond donors (Lipinski definition) is 1. The Morgan fingerprint density at radius 1 is 1.04 bits per heavy atom. The van der Waals surface area contributed by atoms with Gasteiger partial charge in [-0.25, -0.2) is 4.79 Å². The number of carboxylic acid groups (broad SMARTS) is 1. The Balaban J connectivity index is 1.81. The van der Waals surface area contributed by atoms with E-state index in [4.69, 9.17) is 5.11 Å². The fourth-order valence-electron chi connectivity index (χ4n) is 2.77. The molecule has 1 N–H and O–H groups in total. The summed E-state index contributed by atoms with van der Waals surface area (Å²) in [5, 5.41) is 19.8. The molecule has 7 heteroatoms. The molecule has 0 saturated carbocycles. The highest BCUT2D eigenvalue weighted by molar-refractivity contribution is 5.96. The first-order chi connectivity index (χ1) is 11.5. The molecule has 0 bridgehead atoms. The van der Waals surface area contributed by atoms with Gasteiger partial charge < -0.3 is 10.0 Å². The number of benzene rings is 2. The molecule has 0 radical (unpaired) electrons. The average Bonchev–Trinajstić information content (AvgIpc) is 2.60. The van der Waals surface area contributed by atoms with Gasteiger partial charge in [0.2, 0.25) is 0 Å². The summed E-state index contributed by atoms with van der Waals surface area (Å²) < 4.78 is 0. The standard InChI is InChI=1S/C17H14N2O5/c20-16(12-1-3-13(4-2-12)17(21)22)18-8-7-11-5-6-15(19(23)24)9-14(11)10-18/h1-6,9H,7-8,10H2,(H,21,22). The first-order valence-corrected chi connectivity index (χ1v) is 7.34. The minimum Gasteiger partial charge on any atom is -0.478 e. The summed E-state index contributed by atoms with van der Waals surface area (Å²) in [4.78, 5) is 35.5. The van der Waals surface area contributed by atoms with Crippen molar-refractivity contribution in [1.82, 2.24) is 4.90 Å². The number of carbonyl (C=O) groups is 2. The number of amides is 1. The van der Waals surface area contributed by atoms with Crippen LogP contribution in [-0.4, -0.2) is 33.4 Å². The van der Waals surface area contributed by atoms with Crippen molar-refractivity contribution in [3.63, 3.8) is 0 Å². The quantitative estimate of drug-likeness (QED) is 0.690. The van der Waals surface area contributed by atoms with Crippen LogP contribution in [0.1, 0.15) is 31.8 Å². The summed E-state index contributed by atoms with van der Waals surface area (Å²) in [7, 11) is 0. The van der Waals surface area contributed by atoms with E-state index < -0.39 is 10.9 Å². The van der Waals surface area contributed by atoms with Crippen LogP contribution in [0.25, 0.3) is 0 Å². The van der Waals surface area contributed by atoms with Gasteiger partial charge >= 0.3 is 5.97 Å². The molecule has 0 aromatic heterocycles. The van der Waals surface area contributed by atoms with Gasteiger partial charge in [-0.3, -0.25) is 14.9 Å². The number of non-ortho nitro benzene ring substituents is 1. The first kappa shape index (κ1) is 15.7. The molecule has 24 heavy (non-hydrogen) atoms. The largest absolute Gasteiger partial charge is 0.478 e. The SMILES string of the molecule is O=C(O)c1ccc(C(=O)N2CCc3ccc([N+](=O)[O-])cc3C2)cc1. The van der Waals surface area contributed by atoms with Gasteiger partial charge in [0.05, 0.1) is 10.5 Å². The van der Waals surface area contributed by atoms with Gasteiger partial charge in [-0.2, -0.15) is 0 Å². The molecule has 0 saturated heterocycles. The van der Waals surface area contributed by atoms with Crippen LogP contribution < -0.4 is 0 Å². The minimum atomic E-state index is -1.05.